The number of hydrogen-bond acceptors (Lipinski definition) is 5. The molecule has 0 spiro atoms. The third-order valence-electron chi connectivity index (χ3n) is 3.60. The fourth-order valence-corrected chi connectivity index (χ4v) is 3.62. The zero-order chi connectivity index (χ0) is 17.9. The highest BCUT2D eigenvalue weighted by molar-refractivity contribution is 7.92. The second kappa shape index (κ2) is 6.68. The van der Waals surface area contributed by atoms with Crippen molar-refractivity contribution < 1.29 is 13.3 Å². The van der Waals surface area contributed by atoms with Crippen LogP contribution in [-0.2, 0) is 16.4 Å². The van der Waals surface area contributed by atoms with E-state index >= 15 is 0 Å². The van der Waals surface area contributed by atoms with Crippen LogP contribution in [0.2, 0.25) is 0 Å². The molecule has 7 nitrogen and oxygen atoms in total. The first-order valence-corrected chi connectivity index (χ1v) is 8.41. The molecular weight excluding hydrogens is 330 g/mol. The van der Waals surface area contributed by atoms with Gasteiger partial charge >= 0.3 is 0 Å². The minimum Gasteiger partial charge on any atom is -0.269 e. The highest BCUT2D eigenvalue weighted by Crippen LogP contribution is 2.27. The maximum Gasteiger partial charge on any atom is 0.270 e. The molecule has 2 rings (SSSR count). The molecule has 0 atom stereocenters. The smallest absolute Gasteiger partial charge is 0.269 e. The predicted molar refractivity (Wildman–Crippen MR) is 89.2 cm³/mol. The molecule has 8 heteroatoms. The van der Waals surface area contributed by atoms with Crippen LogP contribution in [0.15, 0.2) is 47.4 Å². The van der Waals surface area contributed by atoms with Crippen molar-refractivity contribution in [2.45, 2.75) is 18.2 Å². The molecule has 2 aromatic carbocycles. The van der Waals surface area contributed by atoms with Crippen molar-refractivity contribution in [3.8, 4) is 6.07 Å². The Morgan fingerprint density at radius 3 is 2.38 bits per heavy atom. The number of nitriles is 1. The fraction of sp³-hybridized carbons (Fsp3) is 0.188. The van der Waals surface area contributed by atoms with E-state index in [4.69, 9.17) is 5.26 Å². The summed E-state index contributed by atoms with van der Waals surface area (Å²) in [5, 5.41) is 19.6. The molecule has 2 aromatic rings. The van der Waals surface area contributed by atoms with E-state index < -0.39 is 14.9 Å². The first-order chi connectivity index (χ1) is 11.3. The second-order valence-electron chi connectivity index (χ2n) is 5.18. The van der Waals surface area contributed by atoms with Crippen molar-refractivity contribution in [1.29, 1.82) is 5.26 Å². The summed E-state index contributed by atoms with van der Waals surface area (Å²) in [6.45, 7) is 1.58. The van der Waals surface area contributed by atoms with Gasteiger partial charge in [0, 0.05) is 19.2 Å². The van der Waals surface area contributed by atoms with E-state index in [9.17, 15) is 18.5 Å². The van der Waals surface area contributed by atoms with Crippen LogP contribution in [-0.4, -0.2) is 20.4 Å². The molecule has 0 unspecified atom stereocenters. The SMILES string of the molecule is Cc1ccc([N+](=O)[O-])cc1S(=O)(=O)N(C)c1ccc(CC#N)cc1. The molecule has 0 fully saturated rings. The molecule has 0 amide bonds. The number of hydrogen-bond donors (Lipinski definition) is 0. The topological polar surface area (TPSA) is 104 Å². The van der Waals surface area contributed by atoms with E-state index in [1.807, 2.05) is 6.07 Å². The Morgan fingerprint density at radius 2 is 1.83 bits per heavy atom. The Hall–Kier alpha value is -2.92. The van der Waals surface area contributed by atoms with Crippen molar-refractivity contribution >= 4 is 21.4 Å². The van der Waals surface area contributed by atoms with Gasteiger partial charge in [0.25, 0.3) is 15.7 Å². The average Bonchev–Trinajstić information content (AvgIpc) is 2.55. The molecule has 0 aliphatic rings. The van der Waals surface area contributed by atoms with Crippen LogP contribution in [0.1, 0.15) is 11.1 Å². The van der Waals surface area contributed by atoms with Crippen LogP contribution in [0.5, 0.6) is 0 Å². The Balaban J connectivity index is 2.44. The quantitative estimate of drug-likeness (QED) is 0.612. The number of anilines is 1. The first-order valence-electron chi connectivity index (χ1n) is 6.97. The number of nitro groups is 1. The number of rotatable bonds is 5. The van der Waals surface area contributed by atoms with Crippen LogP contribution in [0.3, 0.4) is 0 Å². The third-order valence-corrected chi connectivity index (χ3v) is 5.53. The Morgan fingerprint density at radius 1 is 1.21 bits per heavy atom. The summed E-state index contributed by atoms with van der Waals surface area (Å²) in [5.41, 5.74) is 1.33. The van der Waals surface area contributed by atoms with Crippen LogP contribution in [0.25, 0.3) is 0 Å². The van der Waals surface area contributed by atoms with E-state index in [1.54, 1.807) is 31.2 Å². The lowest BCUT2D eigenvalue weighted by atomic mass is 10.1. The largest absolute Gasteiger partial charge is 0.270 e. The summed E-state index contributed by atoms with van der Waals surface area (Å²) in [7, 11) is -2.56. The van der Waals surface area contributed by atoms with Crippen LogP contribution in [0, 0.1) is 28.4 Å². The van der Waals surface area contributed by atoms with Crippen molar-refractivity contribution in [3.05, 3.63) is 63.7 Å². The van der Waals surface area contributed by atoms with Gasteiger partial charge in [-0.25, -0.2) is 8.42 Å². The van der Waals surface area contributed by atoms with Gasteiger partial charge in [0.15, 0.2) is 0 Å². The van der Waals surface area contributed by atoms with Gasteiger partial charge in [0.2, 0.25) is 0 Å². The molecule has 0 aliphatic carbocycles. The van der Waals surface area contributed by atoms with Crippen molar-refractivity contribution in [1.82, 2.24) is 0 Å². The van der Waals surface area contributed by atoms with Crippen molar-refractivity contribution in [3.63, 3.8) is 0 Å². The molecule has 124 valence electrons. The molecule has 0 N–H and O–H groups in total. The molecule has 0 aliphatic heterocycles. The number of sulfonamides is 1. The predicted octanol–water partition coefficient (Wildman–Crippen LogP) is 2.79. The highest BCUT2D eigenvalue weighted by atomic mass is 32.2. The number of aryl methyl sites for hydroxylation is 1. The summed E-state index contributed by atoms with van der Waals surface area (Å²) in [6, 6.07) is 12.3. The normalized spacial score (nSPS) is 10.9. The van der Waals surface area contributed by atoms with Gasteiger partial charge in [-0.15, -0.1) is 0 Å². The van der Waals surface area contributed by atoms with Crippen molar-refractivity contribution in [2.24, 2.45) is 0 Å². The molecule has 0 radical (unpaired) electrons. The molecule has 0 aromatic heterocycles. The summed E-state index contributed by atoms with van der Waals surface area (Å²) in [6.07, 6.45) is 0.237. The lowest BCUT2D eigenvalue weighted by Gasteiger charge is -2.20. The first kappa shape index (κ1) is 17.4. The average molecular weight is 345 g/mol. The Labute approximate surface area is 140 Å². The van der Waals surface area contributed by atoms with Crippen LogP contribution < -0.4 is 4.31 Å². The molecular formula is C16H15N3O4S. The molecule has 24 heavy (non-hydrogen) atoms. The molecule has 0 heterocycles. The zero-order valence-electron chi connectivity index (χ0n) is 13.1. The molecule has 0 saturated carbocycles. The van der Waals surface area contributed by atoms with E-state index in [-0.39, 0.29) is 17.0 Å². The van der Waals surface area contributed by atoms with Gasteiger partial charge < -0.3 is 0 Å². The molecule has 0 bridgehead atoms. The minimum atomic E-state index is -3.94. The van der Waals surface area contributed by atoms with E-state index in [2.05, 4.69) is 0 Å². The summed E-state index contributed by atoms with van der Waals surface area (Å²) < 4.78 is 26.6. The lowest BCUT2D eigenvalue weighted by molar-refractivity contribution is -0.385. The number of non-ortho nitro benzene ring substituents is 1. The van der Waals surface area contributed by atoms with Crippen LogP contribution in [0.4, 0.5) is 11.4 Å². The van der Waals surface area contributed by atoms with E-state index in [0.29, 0.717) is 11.3 Å². The van der Waals surface area contributed by atoms with Crippen LogP contribution >= 0.6 is 0 Å². The highest BCUT2D eigenvalue weighted by Gasteiger charge is 2.25. The van der Waals surface area contributed by atoms with Gasteiger partial charge in [-0.3, -0.25) is 14.4 Å². The van der Waals surface area contributed by atoms with Crippen molar-refractivity contribution in [2.75, 3.05) is 11.4 Å². The Kier molecular flexibility index (Phi) is 4.85. The fourth-order valence-electron chi connectivity index (χ4n) is 2.18. The maximum atomic E-state index is 12.8. The van der Waals surface area contributed by atoms with Gasteiger partial charge in [0.1, 0.15) is 0 Å². The van der Waals surface area contributed by atoms with Gasteiger partial charge in [-0.1, -0.05) is 18.2 Å². The van der Waals surface area contributed by atoms with Gasteiger partial charge in [-0.05, 0) is 30.2 Å². The summed E-state index contributed by atoms with van der Waals surface area (Å²) >= 11 is 0. The maximum absolute atomic E-state index is 12.8. The number of benzene rings is 2. The minimum absolute atomic E-state index is 0.111. The standard InChI is InChI=1S/C16H15N3O4S/c1-12-3-6-15(19(20)21)11-16(12)24(22,23)18(2)14-7-4-13(5-8-14)9-10-17/h3-8,11H,9H2,1-2H3. The Bertz CT molecular complexity index is 915. The summed E-state index contributed by atoms with van der Waals surface area (Å²) in [4.78, 5) is 10.2. The van der Waals surface area contributed by atoms with E-state index in [0.717, 1.165) is 15.9 Å². The number of nitrogens with zero attached hydrogens (tertiary/aromatic N) is 3. The third kappa shape index (κ3) is 3.36. The lowest BCUT2D eigenvalue weighted by Crippen LogP contribution is -2.27. The van der Waals surface area contributed by atoms with Gasteiger partial charge in [-0.2, -0.15) is 5.26 Å². The second-order valence-corrected chi connectivity index (χ2v) is 7.12. The van der Waals surface area contributed by atoms with E-state index in [1.165, 1.54) is 19.2 Å². The summed E-state index contributed by atoms with van der Waals surface area (Å²) in [5.74, 6) is 0. The monoisotopic (exact) mass is 345 g/mol. The molecule has 0 saturated heterocycles. The number of nitro benzene ring substituents is 1. The zero-order valence-corrected chi connectivity index (χ0v) is 13.9. The van der Waals surface area contributed by atoms with Gasteiger partial charge in [0.05, 0.1) is 28.0 Å².